The Hall–Kier alpha value is -1.68. The minimum atomic E-state index is 0.620. The first-order valence-corrected chi connectivity index (χ1v) is 12.7. The minimum Gasteiger partial charge on any atom is -0.316 e. The van der Waals surface area contributed by atoms with Crippen LogP contribution in [0.5, 0.6) is 0 Å². The molecule has 4 unspecified atom stereocenters. The molecule has 0 amide bonds. The third-order valence-corrected chi connectivity index (χ3v) is 8.76. The van der Waals surface area contributed by atoms with Crippen LogP contribution >= 0.6 is 0 Å². The number of benzene rings is 2. The van der Waals surface area contributed by atoms with E-state index in [9.17, 15) is 0 Å². The van der Waals surface area contributed by atoms with Crippen LogP contribution in [0.15, 0.2) is 60.7 Å². The van der Waals surface area contributed by atoms with Crippen molar-refractivity contribution in [2.24, 2.45) is 11.8 Å². The third-order valence-electron chi connectivity index (χ3n) is 8.76. The third kappa shape index (κ3) is 3.75. The van der Waals surface area contributed by atoms with Crippen LogP contribution in [0.25, 0.3) is 0 Å². The predicted molar refractivity (Wildman–Crippen MR) is 127 cm³/mol. The van der Waals surface area contributed by atoms with Crippen molar-refractivity contribution in [3.63, 3.8) is 0 Å². The van der Waals surface area contributed by atoms with E-state index in [1.807, 2.05) is 0 Å². The molecule has 1 saturated carbocycles. The van der Waals surface area contributed by atoms with Crippen molar-refractivity contribution >= 4 is 0 Å². The highest BCUT2D eigenvalue weighted by atomic mass is 15.3. The first-order chi connectivity index (χ1) is 15.4. The normalized spacial score (nSPS) is 36.6. The summed E-state index contributed by atoms with van der Waals surface area (Å²) in [4.78, 5) is 5.86. The van der Waals surface area contributed by atoms with E-state index in [4.69, 9.17) is 0 Å². The molecule has 2 aromatic carbocycles. The highest BCUT2D eigenvalue weighted by molar-refractivity contribution is 5.22. The van der Waals surface area contributed by atoms with E-state index in [1.165, 1.54) is 75.8 Å². The van der Waals surface area contributed by atoms with Gasteiger partial charge in [0.2, 0.25) is 0 Å². The Morgan fingerprint density at radius 2 is 1.16 bits per heavy atom. The molecule has 4 saturated heterocycles. The van der Waals surface area contributed by atoms with Gasteiger partial charge in [-0.25, -0.2) is 0 Å². The largest absolute Gasteiger partial charge is 0.316 e. The highest BCUT2D eigenvalue weighted by Gasteiger charge is 2.48. The predicted octanol–water partition coefficient (Wildman–Crippen LogP) is 5.03. The molecule has 164 valence electrons. The second-order valence-electron chi connectivity index (χ2n) is 10.4. The summed E-state index contributed by atoms with van der Waals surface area (Å²) < 4.78 is 0. The van der Waals surface area contributed by atoms with Crippen molar-refractivity contribution in [3.8, 4) is 0 Å². The van der Waals surface area contributed by atoms with E-state index < -0.39 is 0 Å². The average Bonchev–Trinajstić information content (AvgIpc) is 3.42. The minimum absolute atomic E-state index is 0.620. The van der Waals surface area contributed by atoms with Crippen molar-refractivity contribution in [3.05, 3.63) is 71.8 Å². The number of nitrogens with one attached hydrogen (secondary N) is 1. The Kier molecular flexibility index (Phi) is 5.60. The van der Waals surface area contributed by atoms with Gasteiger partial charge < -0.3 is 5.32 Å². The smallest absolute Gasteiger partial charge is 0.0351 e. The average molecular weight is 416 g/mol. The molecule has 4 atom stereocenters. The van der Waals surface area contributed by atoms with Crippen LogP contribution in [0.2, 0.25) is 0 Å². The number of hydrogen-bond acceptors (Lipinski definition) is 3. The lowest BCUT2D eigenvalue weighted by atomic mass is 9.74. The fourth-order valence-corrected chi connectivity index (χ4v) is 7.48. The summed E-state index contributed by atoms with van der Waals surface area (Å²) in [6, 6.07) is 25.4. The first kappa shape index (κ1) is 20.0. The first-order valence-electron chi connectivity index (χ1n) is 12.7. The van der Waals surface area contributed by atoms with Gasteiger partial charge in [0.25, 0.3) is 0 Å². The Morgan fingerprint density at radius 1 is 0.645 bits per heavy atom. The molecular formula is C28H37N3. The molecule has 4 aliphatic heterocycles. The van der Waals surface area contributed by atoms with E-state index >= 15 is 0 Å². The molecule has 7 rings (SSSR count). The van der Waals surface area contributed by atoms with Gasteiger partial charge in [-0.05, 0) is 75.2 Å². The number of likely N-dealkylation sites (tertiary alicyclic amines) is 2. The maximum atomic E-state index is 3.87. The monoisotopic (exact) mass is 415 g/mol. The topological polar surface area (TPSA) is 18.5 Å². The number of rotatable bonds is 4. The van der Waals surface area contributed by atoms with Crippen molar-refractivity contribution in [2.75, 3.05) is 26.2 Å². The summed E-state index contributed by atoms with van der Waals surface area (Å²) in [5.41, 5.74) is 3.07. The molecule has 0 radical (unpaired) electrons. The molecule has 1 aliphatic carbocycles. The van der Waals surface area contributed by atoms with E-state index in [0.29, 0.717) is 12.1 Å². The maximum Gasteiger partial charge on any atom is 0.0351 e. The lowest BCUT2D eigenvalue weighted by Crippen LogP contribution is -2.55. The van der Waals surface area contributed by atoms with E-state index in [-0.39, 0.29) is 0 Å². The number of fused-ring (bicyclic) bond motifs is 4. The number of nitrogens with zero attached hydrogens (tertiary/aromatic N) is 2. The van der Waals surface area contributed by atoms with E-state index in [2.05, 4.69) is 75.8 Å². The van der Waals surface area contributed by atoms with Crippen molar-refractivity contribution in [1.82, 2.24) is 15.1 Å². The fraction of sp³-hybridized carbons (Fsp3) is 0.571. The quantitative estimate of drug-likeness (QED) is 0.756. The molecule has 5 fully saturated rings. The Morgan fingerprint density at radius 3 is 1.68 bits per heavy atom. The van der Waals surface area contributed by atoms with Crippen molar-refractivity contribution in [1.29, 1.82) is 0 Å². The molecule has 5 aliphatic rings. The van der Waals surface area contributed by atoms with Gasteiger partial charge in [-0.1, -0.05) is 60.7 Å². The van der Waals surface area contributed by atoms with E-state index in [1.54, 1.807) is 0 Å². The zero-order chi connectivity index (χ0) is 20.6. The van der Waals surface area contributed by atoms with Gasteiger partial charge in [0.05, 0.1) is 0 Å². The van der Waals surface area contributed by atoms with Crippen LogP contribution < -0.4 is 5.32 Å². The molecule has 31 heavy (non-hydrogen) atoms. The molecule has 0 aromatic heterocycles. The van der Waals surface area contributed by atoms with Crippen LogP contribution in [-0.2, 0) is 0 Å². The molecule has 2 bridgehead atoms. The SMILES string of the molecule is c1ccc(C2CCCN2C2CC3CNCC2C(N2CCCC2c2ccccc2)C3)cc1. The van der Waals surface area contributed by atoms with Gasteiger partial charge in [0.15, 0.2) is 0 Å². The second-order valence-corrected chi connectivity index (χ2v) is 10.4. The number of hydrogen-bond donors (Lipinski definition) is 1. The molecule has 1 N–H and O–H groups in total. The zero-order valence-electron chi connectivity index (χ0n) is 18.7. The molecule has 3 heteroatoms. The molecule has 4 heterocycles. The summed E-state index contributed by atoms with van der Waals surface area (Å²) in [6.07, 6.45) is 8.13. The standard InChI is InChI=1S/C28H37N3/c1-3-9-22(10-4-1)25-13-7-15-30(25)27-17-21-18-28(24(27)20-29-19-21)31-16-8-14-26(31)23-11-5-2-6-12-23/h1-6,9-12,21,24-29H,7-8,13-20H2. The van der Waals surface area contributed by atoms with Gasteiger partial charge in [-0.15, -0.1) is 0 Å². The molecule has 2 aromatic rings. The van der Waals surface area contributed by atoms with Crippen LogP contribution in [0.3, 0.4) is 0 Å². The van der Waals surface area contributed by atoms with E-state index in [0.717, 1.165) is 23.9 Å². The second kappa shape index (κ2) is 8.69. The van der Waals surface area contributed by atoms with Crippen LogP contribution in [0, 0.1) is 11.8 Å². The van der Waals surface area contributed by atoms with Gasteiger partial charge >= 0.3 is 0 Å². The summed E-state index contributed by atoms with van der Waals surface area (Å²) in [5, 5.41) is 3.87. The Balaban J connectivity index is 1.29. The van der Waals surface area contributed by atoms with Crippen molar-refractivity contribution < 1.29 is 0 Å². The molecule has 0 spiro atoms. The van der Waals surface area contributed by atoms with Gasteiger partial charge in [-0.3, -0.25) is 9.80 Å². The highest BCUT2D eigenvalue weighted by Crippen LogP contribution is 2.46. The van der Waals surface area contributed by atoms with Crippen LogP contribution in [0.4, 0.5) is 0 Å². The molecular weight excluding hydrogens is 378 g/mol. The van der Waals surface area contributed by atoms with Crippen LogP contribution in [0.1, 0.15) is 61.7 Å². The van der Waals surface area contributed by atoms with Gasteiger partial charge in [-0.2, -0.15) is 0 Å². The maximum absolute atomic E-state index is 3.87. The molecule has 3 nitrogen and oxygen atoms in total. The Labute approximate surface area is 187 Å². The van der Waals surface area contributed by atoms with Crippen LogP contribution in [-0.4, -0.2) is 48.1 Å². The van der Waals surface area contributed by atoms with Gasteiger partial charge in [0.1, 0.15) is 0 Å². The van der Waals surface area contributed by atoms with Gasteiger partial charge in [0, 0.05) is 36.6 Å². The summed E-state index contributed by atoms with van der Waals surface area (Å²) >= 11 is 0. The zero-order valence-corrected chi connectivity index (χ0v) is 18.7. The summed E-state index contributed by atoms with van der Waals surface area (Å²) in [6.45, 7) is 4.98. The lowest BCUT2D eigenvalue weighted by molar-refractivity contribution is 0.00803. The summed E-state index contributed by atoms with van der Waals surface area (Å²) in [7, 11) is 0. The lowest BCUT2D eigenvalue weighted by Gasteiger charge is -2.49. The Bertz CT molecular complexity index is 786. The fourth-order valence-electron chi connectivity index (χ4n) is 7.48. The van der Waals surface area contributed by atoms with Crippen molar-refractivity contribution in [2.45, 2.75) is 62.7 Å². The summed E-state index contributed by atoms with van der Waals surface area (Å²) in [5.74, 6) is 1.56.